The van der Waals surface area contributed by atoms with Crippen LogP contribution in [0.15, 0.2) is 42.6 Å². The van der Waals surface area contributed by atoms with Crippen LogP contribution in [-0.4, -0.2) is 34.1 Å². The predicted molar refractivity (Wildman–Crippen MR) is 104 cm³/mol. The van der Waals surface area contributed by atoms with Gasteiger partial charge in [-0.25, -0.2) is 9.97 Å². The Labute approximate surface area is 166 Å². The molecule has 3 atom stereocenters. The number of alkyl halides is 3. The minimum atomic E-state index is -4.41. The highest BCUT2D eigenvalue weighted by molar-refractivity contribution is 5.76. The first-order valence-corrected chi connectivity index (χ1v) is 9.92. The highest BCUT2D eigenvalue weighted by Gasteiger charge is 2.43. The second kappa shape index (κ2) is 7.02. The maximum atomic E-state index is 13.0. The number of fused-ring (bicyclic) bond motifs is 2. The number of H-pyrrole nitrogens is 1. The summed E-state index contributed by atoms with van der Waals surface area (Å²) in [6, 6.07) is 10.6. The Balaban J connectivity index is 1.25. The summed E-state index contributed by atoms with van der Waals surface area (Å²) in [5, 5.41) is 4.75. The smallest absolute Gasteiger partial charge is 0.356 e. The first-order chi connectivity index (χ1) is 14.0. The predicted octanol–water partition coefficient (Wildman–Crippen LogP) is 3.98. The van der Waals surface area contributed by atoms with Gasteiger partial charge in [0, 0.05) is 43.0 Å². The maximum absolute atomic E-state index is 13.0. The van der Waals surface area contributed by atoms with Gasteiger partial charge in [0.2, 0.25) is 0 Å². The Morgan fingerprint density at radius 1 is 1.14 bits per heavy atom. The van der Waals surface area contributed by atoms with E-state index in [1.165, 1.54) is 6.07 Å². The Morgan fingerprint density at radius 3 is 2.86 bits per heavy atom. The number of anilines is 1. The molecule has 2 aliphatic rings. The molecule has 8 heteroatoms. The summed E-state index contributed by atoms with van der Waals surface area (Å²) in [5.41, 5.74) is 1.15. The molecule has 0 spiro atoms. The molecule has 5 rings (SSSR count). The van der Waals surface area contributed by atoms with Crippen molar-refractivity contribution in [3.8, 4) is 0 Å². The van der Waals surface area contributed by atoms with Gasteiger partial charge in [0.05, 0.1) is 0 Å². The number of rotatable bonds is 4. The minimum absolute atomic E-state index is 0.357. The van der Waals surface area contributed by atoms with Crippen molar-refractivity contribution in [3.63, 3.8) is 0 Å². The van der Waals surface area contributed by atoms with Gasteiger partial charge in [-0.2, -0.15) is 13.2 Å². The molecule has 3 aromatic heterocycles. The minimum Gasteiger partial charge on any atom is -0.356 e. The van der Waals surface area contributed by atoms with E-state index in [0.29, 0.717) is 23.7 Å². The van der Waals surface area contributed by atoms with E-state index in [2.05, 4.69) is 26.3 Å². The van der Waals surface area contributed by atoms with Crippen molar-refractivity contribution in [2.24, 2.45) is 11.8 Å². The standard InChI is InChI=1S/C21H22F3N5/c22-21(23,24)18-4-1-5-19(28-18)29-11-14-6-7-17(16(14)12-29)26-10-15-9-13-3-2-8-25-20(13)27-15/h1-5,8-9,14,16-17,26H,6-7,10-12H2,(H,25,27)/t14-,16+,17+/m1/s1. The molecule has 1 aliphatic heterocycles. The Hall–Kier alpha value is -2.61. The van der Waals surface area contributed by atoms with E-state index in [1.807, 2.05) is 17.0 Å². The van der Waals surface area contributed by atoms with Crippen LogP contribution in [0.25, 0.3) is 11.0 Å². The molecule has 2 N–H and O–H groups in total. The molecule has 5 nitrogen and oxygen atoms in total. The van der Waals surface area contributed by atoms with Gasteiger partial charge < -0.3 is 15.2 Å². The fraction of sp³-hybridized carbons (Fsp3) is 0.429. The van der Waals surface area contributed by atoms with E-state index in [-0.39, 0.29) is 0 Å². The first-order valence-electron chi connectivity index (χ1n) is 9.92. The van der Waals surface area contributed by atoms with E-state index in [0.717, 1.165) is 55.3 Å². The van der Waals surface area contributed by atoms with E-state index in [9.17, 15) is 13.2 Å². The fourth-order valence-corrected chi connectivity index (χ4v) is 4.81. The molecule has 0 aromatic carbocycles. The molecular weight excluding hydrogens is 379 g/mol. The number of nitrogens with one attached hydrogen (secondary N) is 2. The van der Waals surface area contributed by atoms with Crippen molar-refractivity contribution < 1.29 is 13.2 Å². The lowest BCUT2D eigenvalue weighted by Crippen LogP contribution is -2.35. The number of pyridine rings is 2. The topological polar surface area (TPSA) is 56.8 Å². The van der Waals surface area contributed by atoms with Crippen LogP contribution in [0, 0.1) is 11.8 Å². The van der Waals surface area contributed by atoms with Crippen LogP contribution >= 0.6 is 0 Å². The van der Waals surface area contributed by atoms with Crippen molar-refractivity contribution in [1.82, 2.24) is 20.3 Å². The molecule has 0 radical (unpaired) electrons. The zero-order valence-electron chi connectivity index (χ0n) is 15.8. The molecule has 29 heavy (non-hydrogen) atoms. The number of aromatic nitrogens is 3. The van der Waals surface area contributed by atoms with Gasteiger partial charge in [-0.1, -0.05) is 6.07 Å². The molecule has 4 heterocycles. The third-order valence-electron chi connectivity index (χ3n) is 6.21. The summed E-state index contributed by atoms with van der Waals surface area (Å²) in [5.74, 6) is 1.34. The van der Waals surface area contributed by atoms with Crippen molar-refractivity contribution in [2.75, 3.05) is 18.0 Å². The zero-order valence-corrected chi connectivity index (χ0v) is 15.8. The Morgan fingerprint density at radius 2 is 2.03 bits per heavy atom. The van der Waals surface area contributed by atoms with Crippen LogP contribution < -0.4 is 10.2 Å². The summed E-state index contributed by atoms with van der Waals surface area (Å²) in [6.07, 6.45) is -0.458. The number of hydrogen-bond donors (Lipinski definition) is 2. The number of nitrogens with zero attached hydrogens (tertiary/aromatic N) is 3. The van der Waals surface area contributed by atoms with Gasteiger partial charge >= 0.3 is 6.18 Å². The van der Waals surface area contributed by atoms with Gasteiger partial charge in [0.1, 0.15) is 17.2 Å². The number of aromatic amines is 1. The van der Waals surface area contributed by atoms with Gasteiger partial charge in [0.15, 0.2) is 0 Å². The molecular formula is C21H22F3N5. The highest BCUT2D eigenvalue weighted by Crippen LogP contribution is 2.40. The molecule has 0 amide bonds. The monoisotopic (exact) mass is 401 g/mol. The molecule has 152 valence electrons. The first kappa shape index (κ1) is 18.4. The van der Waals surface area contributed by atoms with Gasteiger partial charge in [-0.15, -0.1) is 0 Å². The van der Waals surface area contributed by atoms with Gasteiger partial charge in [-0.05, 0) is 55.0 Å². The molecule has 2 fully saturated rings. The third-order valence-corrected chi connectivity index (χ3v) is 6.21. The normalized spacial score (nSPS) is 24.4. The molecule has 0 unspecified atom stereocenters. The fourth-order valence-electron chi connectivity index (χ4n) is 4.81. The second-order valence-electron chi connectivity index (χ2n) is 8.01. The average Bonchev–Trinajstić information content (AvgIpc) is 3.39. The largest absolute Gasteiger partial charge is 0.433 e. The van der Waals surface area contributed by atoms with Crippen LogP contribution in [0.3, 0.4) is 0 Å². The van der Waals surface area contributed by atoms with Gasteiger partial charge in [-0.3, -0.25) is 0 Å². The summed E-state index contributed by atoms with van der Waals surface area (Å²) in [6.45, 7) is 2.24. The van der Waals surface area contributed by atoms with Crippen molar-refractivity contribution in [3.05, 3.63) is 54.0 Å². The Bertz CT molecular complexity index is 982. The molecule has 1 aliphatic carbocycles. The number of hydrogen-bond acceptors (Lipinski definition) is 4. The molecule has 1 saturated carbocycles. The Kier molecular flexibility index (Phi) is 4.46. The van der Waals surface area contributed by atoms with Crippen molar-refractivity contribution in [2.45, 2.75) is 31.6 Å². The number of halogens is 3. The van der Waals surface area contributed by atoms with E-state index in [1.54, 1.807) is 12.3 Å². The molecule has 1 saturated heterocycles. The second-order valence-corrected chi connectivity index (χ2v) is 8.01. The lowest BCUT2D eigenvalue weighted by atomic mass is 9.98. The lowest BCUT2D eigenvalue weighted by Gasteiger charge is -2.23. The quantitative estimate of drug-likeness (QED) is 0.694. The van der Waals surface area contributed by atoms with E-state index >= 15 is 0 Å². The summed E-state index contributed by atoms with van der Waals surface area (Å²) in [4.78, 5) is 13.5. The van der Waals surface area contributed by atoms with Crippen LogP contribution in [-0.2, 0) is 12.7 Å². The van der Waals surface area contributed by atoms with Crippen molar-refractivity contribution in [1.29, 1.82) is 0 Å². The summed E-state index contributed by atoms with van der Waals surface area (Å²) >= 11 is 0. The summed E-state index contributed by atoms with van der Waals surface area (Å²) in [7, 11) is 0. The van der Waals surface area contributed by atoms with Crippen LogP contribution in [0.1, 0.15) is 24.2 Å². The maximum Gasteiger partial charge on any atom is 0.433 e. The third kappa shape index (κ3) is 3.57. The lowest BCUT2D eigenvalue weighted by molar-refractivity contribution is -0.141. The highest BCUT2D eigenvalue weighted by atomic mass is 19.4. The SMILES string of the molecule is FC(F)(F)c1cccc(N2C[C@H]3CC[C@H](NCc4cc5cccnc5[nH]4)[C@H]3C2)n1. The van der Waals surface area contributed by atoms with E-state index in [4.69, 9.17) is 0 Å². The summed E-state index contributed by atoms with van der Waals surface area (Å²) < 4.78 is 39.0. The van der Waals surface area contributed by atoms with E-state index < -0.39 is 11.9 Å². The van der Waals surface area contributed by atoms with Gasteiger partial charge in [0.25, 0.3) is 0 Å². The molecule has 3 aromatic rings. The zero-order chi connectivity index (χ0) is 20.0. The average molecular weight is 401 g/mol. The van der Waals surface area contributed by atoms with Crippen LogP contribution in [0.4, 0.5) is 19.0 Å². The van der Waals surface area contributed by atoms with Crippen molar-refractivity contribution >= 4 is 16.9 Å². The molecule has 0 bridgehead atoms. The van der Waals surface area contributed by atoms with Crippen LogP contribution in [0.2, 0.25) is 0 Å². The van der Waals surface area contributed by atoms with Crippen LogP contribution in [0.5, 0.6) is 0 Å².